The molecule has 0 atom stereocenters. The van der Waals surface area contributed by atoms with Gasteiger partial charge >= 0.3 is 5.97 Å². The lowest BCUT2D eigenvalue weighted by molar-refractivity contribution is 0.0699. The largest absolute Gasteiger partial charge is 0.478 e. The second-order valence-electron chi connectivity index (χ2n) is 4.94. The topological polar surface area (TPSA) is 68.0 Å². The molecule has 0 radical (unpaired) electrons. The van der Waals surface area contributed by atoms with Gasteiger partial charge in [-0.3, -0.25) is 9.55 Å². The summed E-state index contributed by atoms with van der Waals surface area (Å²) in [6, 6.07) is 13.1. The number of benzene rings is 1. The van der Waals surface area contributed by atoms with Gasteiger partial charge in [-0.25, -0.2) is 9.78 Å². The Balaban J connectivity index is 2.11. The van der Waals surface area contributed by atoms with Gasteiger partial charge in [0.2, 0.25) is 0 Å². The van der Waals surface area contributed by atoms with Crippen molar-refractivity contribution >= 4 is 27.9 Å². The van der Waals surface area contributed by atoms with E-state index >= 15 is 0 Å². The first-order valence-corrected chi connectivity index (χ1v) is 6.79. The molecular formula is C17H11N3O2. The molecule has 0 aliphatic heterocycles. The van der Waals surface area contributed by atoms with Crippen LogP contribution < -0.4 is 0 Å². The minimum absolute atomic E-state index is 0.240. The van der Waals surface area contributed by atoms with Crippen molar-refractivity contribution in [3.8, 4) is 5.69 Å². The number of carboxylic acids is 1. The second kappa shape index (κ2) is 4.66. The Labute approximate surface area is 125 Å². The number of hydrogen-bond donors (Lipinski definition) is 1. The molecule has 0 unspecified atom stereocenters. The van der Waals surface area contributed by atoms with Crippen LogP contribution in [-0.2, 0) is 0 Å². The number of rotatable bonds is 2. The Bertz CT molecular complexity index is 1020. The number of carboxylic acid groups (broad SMARTS) is 1. The van der Waals surface area contributed by atoms with Crippen molar-refractivity contribution in [1.82, 2.24) is 14.5 Å². The molecule has 5 nitrogen and oxygen atoms in total. The molecule has 4 aromatic rings. The Morgan fingerprint density at radius 2 is 1.77 bits per heavy atom. The minimum atomic E-state index is -0.963. The maximum atomic E-state index is 11.5. The lowest BCUT2D eigenvalue weighted by atomic mass is 10.2. The van der Waals surface area contributed by atoms with E-state index in [4.69, 9.17) is 0 Å². The molecule has 3 aromatic heterocycles. The van der Waals surface area contributed by atoms with E-state index in [1.165, 1.54) is 0 Å². The van der Waals surface area contributed by atoms with Gasteiger partial charge in [0.15, 0.2) is 0 Å². The van der Waals surface area contributed by atoms with Gasteiger partial charge in [0.1, 0.15) is 5.65 Å². The lowest BCUT2D eigenvalue weighted by Crippen LogP contribution is -1.96. The zero-order chi connectivity index (χ0) is 15.1. The number of fused-ring (bicyclic) bond motifs is 2. The zero-order valence-corrected chi connectivity index (χ0v) is 11.5. The van der Waals surface area contributed by atoms with Gasteiger partial charge in [-0.05, 0) is 24.3 Å². The Morgan fingerprint density at radius 1 is 0.955 bits per heavy atom. The highest BCUT2D eigenvalue weighted by Gasteiger charge is 2.16. The van der Waals surface area contributed by atoms with Gasteiger partial charge < -0.3 is 5.11 Å². The summed E-state index contributed by atoms with van der Waals surface area (Å²) in [4.78, 5) is 20.2. The molecule has 1 N–H and O–H groups in total. The van der Waals surface area contributed by atoms with Gasteiger partial charge in [-0.1, -0.05) is 18.2 Å². The van der Waals surface area contributed by atoms with E-state index in [0.29, 0.717) is 11.0 Å². The van der Waals surface area contributed by atoms with Gasteiger partial charge in [0, 0.05) is 29.4 Å². The van der Waals surface area contributed by atoms with Crippen LogP contribution in [0.1, 0.15) is 10.4 Å². The number of aromatic carboxylic acids is 1. The summed E-state index contributed by atoms with van der Waals surface area (Å²) in [6.07, 6.45) is 4.99. The molecule has 1 aromatic carbocycles. The highest BCUT2D eigenvalue weighted by molar-refractivity contribution is 6.03. The van der Waals surface area contributed by atoms with E-state index in [-0.39, 0.29) is 5.56 Å². The van der Waals surface area contributed by atoms with Crippen molar-refractivity contribution in [3.05, 3.63) is 66.6 Å². The molecule has 0 aliphatic carbocycles. The quantitative estimate of drug-likeness (QED) is 0.615. The van der Waals surface area contributed by atoms with Crippen molar-refractivity contribution in [2.45, 2.75) is 0 Å². The van der Waals surface area contributed by atoms with Crippen molar-refractivity contribution in [2.75, 3.05) is 0 Å². The first-order valence-electron chi connectivity index (χ1n) is 6.79. The number of aromatic nitrogens is 3. The molecule has 0 saturated carbocycles. The van der Waals surface area contributed by atoms with Crippen LogP contribution in [0.25, 0.3) is 27.6 Å². The fraction of sp³-hybridized carbons (Fsp3) is 0. The minimum Gasteiger partial charge on any atom is -0.478 e. The van der Waals surface area contributed by atoms with Gasteiger partial charge in [-0.2, -0.15) is 0 Å². The summed E-state index contributed by atoms with van der Waals surface area (Å²) in [5, 5.41) is 11.0. The van der Waals surface area contributed by atoms with Crippen LogP contribution in [0.15, 0.2) is 61.1 Å². The zero-order valence-electron chi connectivity index (χ0n) is 11.5. The average Bonchev–Trinajstić information content (AvgIpc) is 2.94. The predicted molar refractivity (Wildman–Crippen MR) is 83.3 cm³/mol. The van der Waals surface area contributed by atoms with E-state index in [0.717, 1.165) is 16.6 Å². The summed E-state index contributed by atoms with van der Waals surface area (Å²) >= 11 is 0. The third-order valence-electron chi connectivity index (χ3n) is 3.68. The molecule has 0 spiro atoms. The summed E-state index contributed by atoms with van der Waals surface area (Å²) in [7, 11) is 0. The summed E-state index contributed by atoms with van der Waals surface area (Å²) in [5.41, 5.74) is 2.58. The fourth-order valence-corrected chi connectivity index (χ4v) is 2.70. The molecule has 0 aliphatic rings. The first-order chi connectivity index (χ1) is 10.8. The van der Waals surface area contributed by atoms with E-state index in [1.54, 1.807) is 30.7 Å². The predicted octanol–water partition coefficient (Wildman–Crippen LogP) is 3.27. The molecule has 5 heteroatoms. The highest BCUT2D eigenvalue weighted by Crippen LogP contribution is 2.27. The number of pyridine rings is 2. The number of carbonyl (C=O) groups is 1. The SMILES string of the molecule is O=C(O)c1cn(-c2ccnc3ccccc23)c2ncccc12. The van der Waals surface area contributed by atoms with Gasteiger partial charge in [-0.15, -0.1) is 0 Å². The smallest absolute Gasteiger partial charge is 0.337 e. The molecule has 0 saturated heterocycles. The van der Waals surface area contributed by atoms with Crippen molar-refractivity contribution in [2.24, 2.45) is 0 Å². The maximum absolute atomic E-state index is 11.5. The molecule has 4 rings (SSSR count). The van der Waals surface area contributed by atoms with E-state index in [2.05, 4.69) is 9.97 Å². The van der Waals surface area contributed by atoms with Gasteiger partial charge in [0.25, 0.3) is 0 Å². The number of hydrogen-bond acceptors (Lipinski definition) is 3. The molecule has 0 amide bonds. The normalized spacial score (nSPS) is 11.1. The molecule has 0 fully saturated rings. The van der Waals surface area contributed by atoms with Crippen molar-refractivity contribution in [3.63, 3.8) is 0 Å². The van der Waals surface area contributed by atoms with Crippen molar-refractivity contribution < 1.29 is 9.90 Å². The number of para-hydroxylation sites is 1. The fourth-order valence-electron chi connectivity index (χ4n) is 2.70. The van der Waals surface area contributed by atoms with Crippen LogP contribution in [0, 0.1) is 0 Å². The second-order valence-corrected chi connectivity index (χ2v) is 4.94. The Kier molecular flexibility index (Phi) is 2.66. The van der Waals surface area contributed by atoms with Crippen LogP contribution >= 0.6 is 0 Å². The summed E-state index contributed by atoms with van der Waals surface area (Å²) < 4.78 is 1.81. The van der Waals surface area contributed by atoms with Crippen LogP contribution in [-0.4, -0.2) is 25.6 Å². The van der Waals surface area contributed by atoms with Crippen LogP contribution in [0.3, 0.4) is 0 Å². The first kappa shape index (κ1) is 12.5. The molecule has 3 heterocycles. The molecule has 0 bridgehead atoms. The molecule has 106 valence electrons. The van der Waals surface area contributed by atoms with Crippen LogP contribution in [0.2, 0.25) is 0 Å². The van der Waals surface area contributed by atoms with Crippen LogP contribution in [0.4, 0.5) is 0 Å². The average molecular weight is 289 g/mol. The highest BCUT2D eigenvalue weighted by atomic mass is 16.4. The monoisotopic (exact) mass is 289 g/mol. The maximum Gasteiger partial charge on any atom is 0.337 e. The molecular weight excluding hydrogens is 278 g/mol. The summed E-state index contributed by atoms with van der Waals surface area (Å²) in [5.74, 6) is -0.963. The third kappa shape index (κ3) is 1.76. The van der Waals surface area contributed by atoms with E-state index < -0.39 is 5.97 Å². The van der Waals surface area contributed by atoms with Gasteiger partial charge in [0.05, 0.1) is 16.8 Å². The lowest BCUT2D eigenvalue weighted by Gasteiger charge is -2.08. The molecule has 22 heavy (non-hydrogen) atoms. The summed E-state index contributed by atoms with van der Waals surface area (Å²) in [6.45, 7) is 0. The third-order valence-corrected chi connectivity index (χ3v) is 3.68. The van der Waals surface area contributed by atoms with Crippen LogP contribution in [0.5, 0.6) is 0 Å². The number of nitrogens with zero attached hydrogens (tertiary/aromatic N) is 3. The Hall–Kier alpha value is -3.21. The van der Waals surface area contributed by atoms with E-state index in [1.807, 2.05) is 34.9 Å². The standard InChI is InChI=1S/C17H11N3O2/c21-17(22)13-10-20(16-11(13)5-3-8-19-16)15-7-9-18-14-6-2-1-4-12(14)15/h1-10H,(H,21,22). The van der Waals surface area contributed by atoms with Crippen molar-refractivity contribution in [1.29, 1.82) is 0 Å². The Morgan fingerprint density at radius 3 is 2.64 bits per heavy atom. The van der Waals surface area contributed by atoms with E-state index in [9.17, 15) is 9.90 Å².